The van der Waals surface area contributed by atoms with Crippen LogP contribution in [0.25, 0.3) is 0 Å². The van der Waals surface area contributed by atoms with Crippen LogP contribution in [-0.2, 0) is 5.41 Å². The molecular formula is C9H13N3. The van der Waals surface area contributed by atoms with E-state index in [9.17, 15) is 0 Å². The molecule has 0 spiro atoms. The van der Waals surface area contributed by atoms with Gasteiger partial charge in [0.15, 0.2) is 0 Å². The molecule has 0 aliphatic heterocycles. The Kier molecular flexibility index (Phi) is 1.37. The molecule has 3 nitrogen and oxygen atoms in total. The van der Waals surface area contributed by atoms with E-state index in [1.165, 1.54) is 12.8 Å². The molecule has 12 heavy (non-hydrogen) atoms. The molecule has 0 aromatic carbocycles. The van der Waals surface area contributed by atoms with Gasteiger partial charge >= 0.3 is 0 Å². The molecule has 3 heteroatoms. The number of anilines is 1. The highest BCUT2D eigenvalue weighted by Gasteiger charge is 2.42. The highest BCUT2D eigenvalue weighted by atomic mass is 15.0. The Morgan fingerprint density at radius 1 is 1.42 bits per heavy atom. The number of nitrogen functional groups attached to an aromatic ring is 1. The largest absolute Gasteiger partial charge is 0.384 e. The van der Waals surface area contributed by atoms with Crippen molar-refractivity contribution in [2.75, 3.05) is 5.73 Å². The maximum atomic E-state index is 5.63. The highest BCUT2D eigenvalue weighted by molar-refractivity contribution is 5.32. The molecule has 0 radical (unpaired) electrons. The summed E-state index contributed by atoms with van der Waals surface area (Å²) < 4.78 is 0. The van der Waals surface area contributed by atoms with Crippen molar-refractivity contribution in [3.8, 4) is 0 Å². The van der Waals surface area contributed by atoms with Crippen LogP contribution in [0.15, 0.2) is 6.07 Å². The lowest BCUT2D eigenvalue weighted by Crippen LogP contribution is -2.09. The Balaban J connectivity index is 2.44. The third-order valence-electron chi connectivity index (χ3n) is 2.41. The summed E-state index contributed by atoms with van der Waals surface area (Å²) in [7, 11) is 0. The minimum Gasteiger partial charge on any atom is -0.384 e. The van der Waals surface area contributed by atoms with Gasteiger partial charge in [-0.05, 0) is 19.8 Å². The predicted octanol–water partition coefficient (Wildman–Crippen LogP) is 1.42. The van der Waals surface area contributed by atoms with Crippen LogP contribution < -0.4 is 5.73 Å². The van der Waals surface area contributed by atoms with Gasteiger partial charge in [-0.1, -0.05) is 6.92 Å². The molecule has 1 saturated carbocycles. The molecule has 1 fully saturated rings. The van der Waals surface area contributed by atoms with Crippen molar-refractivity contribution >= 4 is 5.82 Å². The average molecular weight is 163 g/mol. The number of aryl methyl sites for hydroxylation is 1. The van der Waals surface area contributed by atoms with E-state index in [4.69, 9.17) is 5.73 Å². The summed E-state index contributed by atoms with van der Waals surface area (Å²) in [6.45, 7) is 4.13. The molecular weight excluding hydrogens is 150 g/mol. The van der Waals surface area contributed by atoms with E-state index < -0.39 is 0 Å². The standard InChI is InChI=1S/C9H13N3/c1-6-5-7(10)12-8(11-6)9(2)3-4-9/h5H,3-4H2,1-2H3,(H2,10,11,12). The quantitative estimate of drug-likeness (QED) is 0.681. The fraction of sp³-hybridized carbons (Fsp3) is 0.556. The van der Waals surface area contributed by atoms with E-state index in [2.05, 4.69) is 16.9 Å². The van der Waals surface area contributed by atoms with Crippen LogP contribution in [0.3, 0.4) is 0 Å². The van der Waals surface area contributed by atoms with Crippen molar-refractivity contribution in [2.45, 2.75) is 32.1 Å². The second kappa shape index (κ2) is 2.19. The van der Waals surface area contributed by atoms with E-state index >= 15 is 0 Å². The van der Waals surface area contributed by atoms with Gasteiger partial charge in [0.05, 0.1) is 0 Å². The van der Waals surface area contributed by atoms with E-state index in [-0.39, 0.29) is 5.41 Å². The lowest BCUT2D eigenvalue weighted by Gasteiger charge is -2.07. The van der Waals surface area contributed by atoms with Crippen LogP contribution in [-0.4, -0.2) is 9.97 Å². The maximum Gasteiger partial charge on any atom is 0.136 e. The topological polar surface area (TPSA) is 51.8 Å². The zero-order chi connectivity index (χ0) is 8.77. The Morgan fingerprint density at radius 3 is 2.58 bits per heavy atom. The number of aromatic nitrogens is 2. The third kappa shape index (κ3) is 1.15. The number of rotatable bonds is 1. The van der Waals surface area contributed by atoms with Crippen molar-refractivity contribution in [3.63, 3.8) is 0 Å². The molecule has 0 amide bonds. The average Bonchev–Trinajstić information content (AvgIpc) is 2.67. The van der Waals surface area contributed by atoms with Gasteiger partial charge < -0.3 is 5.73 Å². The fourth-order valence-corrected chi connectivity index (χ4v) is 1.27. The van der Waals surface area contributed by atoms with E-state index in [1.54, 1.807) is 6.07 Å². The van der Waals surface area contributed by atoms with Crippen LogP contribution >= 0.6 is 0 Å². The number of hydrogen-bond acceptors (Lipinski definition) is 3. The molecule has 0 saturated heterocycles. The Hall–Kier alpha value is -1.12. The summed E-state index contributed by atoms with van der Waals surface area (Å²) in [6.07, 6.45) is 2.38. The molecule has 0 unspecified atom stereocenters. The molecule has 1 aromatic heterocycles. The molecule has 1 aliphatic rings. The van der Waals surface area contributed by atoms with Gasteiger partial charge in [-0.3, -0.25) is 0 Å². The molecule has 1 aromatic rings. The zero-order valence-electron chi connectivity index (χ0n) is 7.46. The summed E-state index contributed by atoms with van der Waals surface area (Å²) in [4.78, 5) is 8.61. The first-order valence-corrected chi connectivity index (χ1v) is 4.22. The highest BCUT2D eigenvalue weighted by Crippen LogP contribution is 2.45. The first kappa shape index (κ1) is 7.53. The first-order valence-electron chi connectivity index (χ1n) is 4.22. The van der Waals surface area contributed by atoms with Crippen molar-refractivity contribution < 1.29 is 0 Å². The first-order chi connectivity index (χ1) is 5.60. The molecule has 0 atom stereocenters. The summed E-state index contributed by atoms with van der Waals surface area (Å²) in [5, 5.41) is 0. The summed E-state index contributed by atoms with van der Waals surface area (Å²) in [6, 6.07) is 1.80. The SMILES string of the molecule is Cc1cc(N)nc(C2(C)CC2)n1. The number of nitrogens with two attached hydrogens (primary N) is 1. The van der Waals surface area contributed by atoms with E-state index in [1.807, 2.05) is 6.92 Å². The van der Waals surface area contributed by atoms with Crippen molar-refractivity contribution in [3.05, 3.63) is 17.6 Å². The van der Waals surface area contributed by atoms with Crippen molar-refractivity contribution in [1.82, 2.24) is 9.97 Å². The van der Waals surface area contributed by atoms with Crippen LogP contribution in [0, 0.1) is 6.92 Å². The fourth-order valence-electron chi connectivity index (χ4n) is 1.27. The number of hydrogen-bond donors (Lipinski definition) is 1. The molecule has 1 aliphatic carbocycles. The van der Waals surface area contributed by atoms with Crippen LogP contribution in [0.2, 0.25) is 0 Å². The van der Waals surface area contributed by atoms with E-state index in [0.717, 1.165) is 11.5 Å². The van der Waals surface area contributed by atoms with Crippen LogP contribution in [0.4, 0.5) is 5.82 Å². The predicted molar refractivity (Wildman–Crippen MR) is 47.8 cm³/mol. The van der Waals surface area contributed by atoms with E-state index in [0.29, 0.717) is 5.82 Å². The molecule has 1 heterocycles. The molecule has 2 N–H and O–H groups in total. The minimum atomic E-state index is 0.222. The van der Waals surface area contributed by atoms with Gasteiger partial charge in [0.25, 0.3) is 0 Å². The lowest BCUT2D eigenvalue weighted by molar-refractivity contribution is 0.705. The van der Waals surface area contributed by atoms with Crippen molar-refractivity contribution in [1.29, 1.82) is 0 Å². The van der Waals surface area contributed by atoms with Gasteiger partial charge in [0, 0.05) is 17.2 Å². The molecule has 64 valence electrons. The van der Waals surface area contributed by atoms with Crippen LogP contribution in [0.5, 0.6) is 0 Å². The van der Waals surface area contributed by atoms with Gasteiger partial charge in [-0.25, -0.2) is 9.97 Å². The zero-order valence-corrected chi connectivity index (χ0v) is 7.46. The normalized spacial score (nSPS) is 19.2. The molecule has 0 bridgehead atoms. The maximum absolute atomic E-state index is 5.63. The summed E-state index contributed by atoms with van der Waals surface area (Å²) >= 11 is 0. The third-order valence-corrected chi connectivity index (χ3v) is 2.41. The Morgan fingerprint density at radius 2 is 2.08 bits per heavy atom. The Labute approximate surface area is 72.0 Å². The monoisotopic (exact) mass is 163 g/mol. The second-order valence-electron chi connectivity index (χ2n) is 3.82. The number of nitrogens with zero attached hydrogens (tertiary/aromatic N) is 2. The van der Waals surface area contributed by atoms with Crippen LogP contribution in [0.1, 0.15) is 31.3 Å². The lowest BCUT2D eigenvalue weighted by atomic mass is 10.1. The van der Waals surface area contributed by atoms with Gasteiger partial charge in [-0.2, -0.15) is 0 Å². The van der Waals surface area contributed by atoms with Gasteiger partial charge in [0.1, 0.15) is 11.6 Å². The summed E-state index contributed by atoms with van der Waals surface area (Å²) in [5.41, 5.74) is 6.82. The molecule has 2 rings (SSSR count). The minimum absolute atomic E-state index is 0.222. The summed E-state index contributed by atoms with van der Waals surface area (Å²) in [5.74, 6) is 1.51. The smallest absolute Gasteiger partial charge is 0.136 e. The van der Waals surface area contributed by atoms with Gasteiger partial charge in [-0.15, -0.1) is 0 Å². The van der Waals surface area contributed by atoms with Gasteiger partial charge in [0.2, 0.25) is 0 Å². The Bertz CT molecular complexity index is 295. The van der Waals surface area contributed by atoms with Crippen molar-refractivity contribution in [2.24, 2.45) is 0 Å². The second-order valence-corrected chi connectivity index (χ2v) is 3.82.